The maximum Gasteiger partial charge on any atom is 1.00 e. The van der Waals surface area contributed by atoms with Gasteiger partial charge in [-0.1, -0.05) is 23.9 Å². The van der Waals surface area contributed by atoms with E-state index in [0.717, 1.165) is 12.2 Å². The van der Waals surface area contributed by atoms with Crippen LogP contribution in [0.4, 0.5) is 5.69 Å². The van der Waals surface area contributed by atoms with E-state index in [4.69, 9.17) is 5.11 Å². The van der Waals surface area contributed by atoms with E-state index in [1.807, 2.05) is 18.9 Å². The first-order valence-corrected chi connectivity index (χ1v) is 6.85. The van der Waals surface area contributed by atoms with E-state index >= 15 is 0 Å². The fraction of sp³-hybridized carbons (Fsp3) is 0.176. The van der Waals surface area contributed by atoms with Gasteiger partial charge in [-0.15, -0.1) is 0 Å². The maximum atomic E-state index is 12.5. The van der Waals surface area contributed by atoms with E-state index in [-0.39, 0.29) is 46.2 Å². The van der Waals surface area contributed by atoms with Crippen LogP contribution in [0.25, 0.3) is 0 Å². The summed E-state index contributed by atoms with van der Waals surface area (Å²) in [6.45, 7) is 2.68. The fourth-order valence-corrected chi connectivity index (χ4v) is 2.13. The number of anilines is 1. The van der Waals surface area contributed by atoms with E-state index in [9.17, 15) is 14.7 Å². The monoisotopic (exact) mass is 321 g/mol. The average Bonchev–Trinajstić information content (AvgIpc) is 2.53. The molecule has 0 spiro atoms. The van der Waals surface area contributed by atoms with Crippen LogP contribution in [0.3, 0.4) is 0 Å². The van der Waals surface area contributed by atoms with Crippen LogP contribution >= 0.6 is 0 Å². The summed E-state index contributed by atoms with van der Waals surface area (Å²) >= 11 is 0. The minimum absolute atomic E-state index is 0. The Hall–Kier alpha value is -1.82. The number of benzene rings is 2. The molecule has 23 heavy (non-hydrogen) atoms. The van der Waals surface area contributed by atoms with Crippen molar-refractivity contribution >= 4 is 17.4 Å². The second-order valence-corrected chi connectivity index (χ2v) is 4.87. The minimum atomic E-state index is -1.20. The van der Waals surface area contributed by atoms with Gasteiger partial charge >= 0.3 is 35.5 Å². The average molecular weight is 321 g/mol. The molecule has 0 heterocycles. The molecule has 114 valence electrons. The van der Waals surface area contributed by atoms with Gasteiger partial charge in [0.15, 0.2) is 5.78 Å². The SMILES string of the molecule is CCN(C)c1ccc(C(=O)c2ccccc2C(=O)O)c([O-])c1.[Na+]. The zero-order valence-corrected chi connectivity index (χ0v) is 15.4. The first-order chi connectivity index (χ1) is 10.5. The van der Waals surface area contributed by atoms with Gasteiger partial charge in [0.1, 0.15) is 0 Å². The second-order valence-electron chi connectivity index (χ2n) is 4.87. The van der Waals surface area contributed by atoms with E-state index in [1.54, 1.807) is 12.1 Å². The molecule has 0 unspecified atom stereocenters. The van der Waals surface area contributed by atoms with Crippen molar-refractivity contribution in [1.29, 1.82) is 0 Å². The summed E-state index contributed by atoms with van der Waals surface area (Å²) in [6.07, 6.45) is 0. The Morgan fingerprint density at radius 1 is 1.09 bits per heavy atom. The first kappa shape index (κ1) is 19.2. The predicted octanol–water partition coefficient (Wildman–Crippen LogP) is -0.850. The maximum absolute atomic E-state index is 12.5. The summed E-state index contributed by atoms with van der Waals surface area (Å²) < 4.78 is 0. The standard InChI is InChI=1S/C17H17NO4.Na/c1-3-18(2)11-8-9-14(15(19)10-11)16(20)12-6-4-5-7-13(12)17(21)22;/h4-10,19H,3H2,1-2H3,(H,21,22);/q;+1/p-1. The number of carbonyl (C=O) groups excluding carboxylic acids is 1. The van der Waals surface area contributed by atoms with Crippen molar-refractivity contribution in [1.82, 2.24) is 0 Å². The third-order valence-electron chi connectivity index (χ3n) is 3.53. The van der Waals surface area contributed by atoms with Crippen LogP contribution in [-0.4, -0.2) is 30.5 Å². The van der Waals surface area contributed by atoms with Crippen molar-refractivity contribution in [2.45, 2.75) is 6.92 Å². The molecule has 0 saturated heterocycles. The molecule has 0 atom stereocenters. The Kier molecular flexibility index (Phi) is 6.81. The molecule has 0 amide bonds. The van der Waals surface area contributed by atoms with Crippen LogP contribution < -0.4 is 39.6 Å². The third-order valence-corrected chi connectivity index (χ3v) is 3.53. The summed E-state index contributed by atoms with van der Waals surface area (Å²) in [6, 6.07) is 10.4. The largest absolute Gasteiger partial charge is 1.00 e. The van der Waals surface area contributed by atoms with Gasteiger partial charge < -0.3 is 15.1 Å². The molecular formula is C17H16NNaO4. The number of hydrogen-bond donors (Lipinski definition) is 1. The van der Waals surface area contributed by atoms with Gasteiger partial charge in [0.25, 0.3) is 0 Å². The molecule has 5 nitrogen and oxygen atoms in total. The van der Waals surface area contributed by atoms with E-state index in [1.165, 1.54) is 30.3 Å². The van der Waals surface area contributed by atoms with Crippen molar-refractivity contribution in [2.24, 2.45) is 0 Å². The van der Waals surface area contributed by atoms with E-state index < -0.39 is 17.5 Å². The smallest absolute Gasteiger partial charge is 0.872 e. The Labute approximate surface area is 156 Å². The fourth-order valence-electron chi connectivity index (χ4n) is 2.13. The molecule has 0 aromatic heterocycles. The molecule has 2 aromatic carbocycles. The number of carbonyl (C=O) groups is 2. The molecule has 0 aliphatic carbocycles. The molecule has 0 aliphatic rings. The van der Waals surface area contributed by atoms with Gasteiger partial charge in [0.2, 0.25) is 0 Å². The van der Waals surface area contributed by atoms with Crippen LogP contribution in [-0.2, 0) is 0 Å². The number of aromatic carboxylic acids is 1. The van der Waals surface area contributed by atoms with Gasteiger partial charge in [-0.25, -0.2) is 4.79 Å². The Balaban J connectivity index is 0.00000264. The zero-order chi connectivity index (χ0) is 16.3. The van der Waals surface area contributed by atoms with Crippen molar-refractivity contribution in [2.75, 3.05) is 18.5 Å². The number of hydrogen-bond acceptors (Lipinski definition) is 4. The second kappa shape index (κ2) is 8.15. The molecule has 0 radical (unpaired) electrons. The van der Waals surface area contributed by atoms with E-state index in [0.29, 0.717) is 0 Å². The summed E-state index contributed by atoms with van der Waals surface area (Å²) in [5.74, 6) is -2.18. The molecule has 0 fully saturated rings. The summed E-state index contributed by atoms with van der Waals surface area (Å²) in [5.41, 5.74) is 0.600. The Bertz CT molecular complexity index is 730. The molecule has 6 heteroatoms. The number of ketones is 1. The molecule has 2 aromatic rings. The zero-order valence-electron chi connectivity index (χ0n) is 13.4. The normalized spacial score (nSPS) is 9.83. The van der Waals surface area contributed by atoms with Crippen molar-refractivity contribution in [3.8, 4) is 5.75 Å². The molecule has 0 saturated carbocycles. The van der Waals surface area contributed by atoms with Crippen LogP contribution in [0, 0.1) is 0 Å². The molecule has 0 aliphatic heterocycles. The van der Waals surface area contributed by atoms with Crippen molar-refractivity contribution in [3.63, 3.8) is 0 Å². The first-order valence-electron chi connectivity index (χ1n) is 6.85. The van der Waals surface area contributed by atoms with Crippen molar-refractivity contribution in [3.05, 3.63) is 59.2 Å². The Morgan fingerprint density at radius 3 is 2.22 bits per heavy atom. The molecule has 0 bridgehead atoms. The molecule has 2 rings (SSSR count). The summed E-state index contributed by atoms with van der Waals surface area (Å²) in [4.78, 5) is 25.5. The van der Waals surface area contributed by atoms with Gasteiger partial charge in [-0.3, -0.25) is 4.79 Å². The van der Waals surface area contributed by atoms with Gasteiger partial charge in [-0.2, -0.15) is 0 Å². The molecular weight excluding hydrogens is 305 g/mol. The van der Waals surface area contributed by atoms with Gasteiger partial charge in [-0.05, 0) is 31.2 Å². The van der Waals surface area contributed by atoms with Crippen LogP contribution in [0.15, 0.2) is 42.5 Å². The summed E-state index contributed by atoms with van der Waals surface area (Å²) in [7, 11) is 1.84. The quantitative estimate of drug-likeness (QED) is 0.573. The minimum Gasteiger partial charge on any atom is -0.872 e. The van der Waals surface area contributed by atoms with Gasteiger partial charge in [0.05, 0.1) is 5.56 Å². The topological polar surface area (TPSA) is 80.7 Å². The van der Waals surface area contributed by atoms with Crippen LogP contribution in [0.5, 0.6) is 5.75 Å². The van der Waals surface area contributed by atoms with Crippen LogP contribution in [0.1, 0.15) is 33.2 Å². The number of carboxylic acid groups (broad SMARTS) is 1. The van der Waals surface area contributed by atoms with Crippen LogP contribution in [0.2, 0.25) is 0 Å². The Morgan fingerprint density at radius 2 is 1.70 bits per heavy atom. The number of nitrogens with zero attached hydrogens (tertiary/aromatic N) is 1. The summed E-state index contributed by atoms with van der Waals surface area (Å²) in [5, 5.41) is 21.3. The third kappa shape index (κ3) is 4.13. The molecule has 1 N–H and O–H groups in total. The number of carboxylic acids is 1. The van der Waals surface area contributed by atoms with Crippen molar-refractivity contribution < 1.29 is 49.4 Å². The van der Waals surface area contributed by atoms with E-state index in [2.05, 4.69) is 0 Å². The predicted molar refractivity (Wildman–Crippen MR) is 81.7 cm³/mol. The number of rotatable bonds is 5. The van der Waals surface area contributed by atoms with Gasteiger partial charge in [0, 0.05) is 30.4 Å².